The molecule has 0 fully saturated rings. The van der Waals surface area contributed by atoms with E-state index in [9.17, 15) is 9.18 Å². The van der Waals surface area contributed by atoms with Crippen molar-refractivity contribution in [3.05, 3.63) is 58.4 Å². The van der Waals surface area contributed by atoms with E-state index in [1.807, 2.05) is 0 Å². The normalized spacial score (nSPS) is 10.3. The average Bonchev–Trinajstić information content (AvgIpc) is 2.50. The molecule has 0 radical (unpaired) electrons. The van der Waals surface area contributed by atoms with Crippen LogP contribution in [0.15, 0.2) is 36.4 Å². The molecule has 110 valence electrons. The molecule has 0 unspecified atom stereocenters. The Bertz CT molecular complexity index is 650. The van der Waals surface area contributed by atoms with E-state index in [-0.39, 0.29) is 22.8 Å². The van der Waals surface area contributed by atoms with Crippen LogP contribution in [0.1, 0.15) is 15.9 Å². The van der Waals surface area contributed by atoms with E-state index in [1.54, 1.807) is 24.3 Å². The molecule has 0 saturated heterocycles. The number of methoxy groups -OCH3 is 2. The first kappa shape index (κ1) is 15.3. The molecule has 0 spiro atoms. The molecule has 0 heterocycles. The summed E-state index contributed by atoms with van der Waals surface area (Å²) in [5, 5.41) is 0.232. The van der Waals surface area contributed by atoms with Gasteiger partial charge in [-0.15, -0.1) is 0 Å². The third-order valence-electron chi connectivity index (χ3n) is 3.11. The van der Waals surface area contributed by atoms with Crippen LogP contribution in [0.3, 0.4) is 0 Å². The Morgan fingerprint density at radius 1 is 1.19 bits per heavy atom. The second kappa shape index (κ2) is 6.59. The summed E-state index contributed by atoms with van der Waals surface area (Å²) < 4.78 is 24.0. The highest BCUT2D eigenvalue weighted by atomic mass is 35.5. The van der Waals surface area contributed by atoms with Crippen LogP contribution in [0, 0.1) is 5.82 Å². The highest BCUT2D eigenvalue weighted by molar-refractivity contribution is 6.31. The molecule has 0 aliphatic carbocycles. The number of ether oxygens (including phenoxy) is 2. The van der Waals surface area contributed by atoms with Gasteiger partial charge in [-0.1, -0.05) is 17.7 Å². The van der Waals surface area contributed by atoms with Gasteiger partial charge in [-0.3, -0.25) is 4.79 Å². The molecule has 21 heavy (non-hydrogen) atoms. The van der Waals surface area contributed by atoms with Crippen LogP contribution >= 0.6 is 11.6 Å². The third kappa shape index (κ3) is 3.34. The summed E-state index contributed by atoms with van der Waals surface area (Å²) in [6.07, 6.45) is -0.131. The van der Waals surface area contributed by atoms with Crippen molar-refractivity contribution in [1.82, 2.24) is 0 Å². The molecule has 3 nitrogen and oxygen atoms in total. The van der Waals surface area contributed by atoms with E-state index in [2.05, 4.69) is 0 Å². The first-order valence-electron chi connectivity index (χ1n) is 6.25. The summed E-state index contributed by atoms with van der Waals surface area (Å²) in [5.41, 5.74) is 0.541. The molecule has 0 bridgehead atoms. The average molecular weight is 309 g/mol. The standard InChI is InChI=1S/C16H14ClFO3/c1-20-10-6-7-11(16(8-10)21-2)15(19)9-12-13(17)4-3-5-14(12)18/h3-8H,9H2,1-2H3. The minimum absolute atomic E-state index is 0.131. The minimum Gasteiger partial charge on any atom is -0.497 e. The lowest BCUT2D eigenvalue weighted by molar-refractivity contribution is 0.0989. The lowest BCUT2D eigenvalue weighted by Gasteiger charge is -2.10. The number of Topliss-reactive ketones (excluding diaryl/α,β-unsaturated/α-hetero) is 1. The fourth-order valence-corrected chi connectivity index (χ4v) is 2.22. The van der Waals surface area contributed by atoms with E-state index < -0.39 is 5.82 Å². The number of rotatable bonds is 5. The number of carbonyl (C=O) groups excluding carboxylic acids is 1. The molecule has 0 N–H and O–H groups in total. The molecule has 2 rings (SSSR count). The Kier molecular flexibility index (Phi) is 4.81. The van der Waals surface area contributed by atoms with Gasteiger partial charge in [-0.05, 0) is 24.3 Å². The maximum Gasteiger partial charge on any atom is 0.171 e. The summed E-state index contributed by atoms with van der Waals surface area (Å²) in [6, 6.07) is 9.18. The zero-order chi connectivity index (χ0) is 15.4. The van der Waals surface area contributed by atoms with Crippen molar-refractivity contribution in [2.24, 2.45) is 0 Å². The van der Waals surface area contributed by atoms with Gasteiger partial charge in [-0.2, -0.15) is 0 Å². The van der Waals surface area contributed by atoms with E-state index in [0.717, 1.165) is 0 Å². The molecular weight excluding hydrogens is 295 g/mol. The van der Waals surface area contributed by atoms with Crippen molar-refractivity contribution in [3.63, 3.8) is 0 Å². The van der Waals surface area contributed by atoms with Crippen molar-refractivity contribution in [3.8, 4) is 11.5 Å². The Balaban J connectivity index is 2.32. The molecule has 5 heteroatoms. The van der Waals surface area contributed by atoms with Gasteiger partial charge in [0.05, 0.1) is 19.8 Å². The summed E-state index contributed by atoms with van der Waals surface area (Å²) in [7, 11) is 2.98. The van der Waals surface area contributed by atoms with Crippen LogP contribution in [0.5, 0.6) is 11.5 Å². The molecule has 0 aliphatic rings. The van der Waals surface area contributed by atoms with Gasteiger partial charge in [0.1, 0.15) is 17.3 Å². The molecule has 0 aromatic heterocycles. The number of halogens is 2. The molecule has 0 amide bonds. The van der Waals surface area contributed by atoms with Gasteiger partial charge in [0, 0.05) is 23.1 Å². The van der Waals surface area contributed by atoms with Gasteiger partial charge >= 0.3 is 0 Å². The van der Waals surface area contributed by atoms with Crippen molar-refractivity contribution in [2.75, 3.05) is 14.2 Å². The van der Waals surface area contributed by atoms with Gasteiger partial charge in [-0.25, -0.2) is 4.39 Å². The Morgan fingerprint density at radius 3 is 2.57 bits per heavy atom. The SMILES string of the molecule is COc1ccc(C(=O)Cc2c(F)cccc2Cl)c(OC)c1. The van der Waals surface area contributed by atoms with E-state index >= 15 is 0 Å². The fraction of sp³-hybridized carbons (Fsp3) is 0.188. The summed E-state index contributed by atoms with van der Waals surface area (Å²) in [5.74, 6) is 0.184. The number of hydrogen-bond acceptors (Lipinski definition) is 3. The third-order valence-corrected chi connectivity index (χ3v) is 3.46. The van der Waals surface area contributed by atoms with Gasteiger partial charge < -0.3 is 9.47 Å². The van der Waals surface area contributed by atoms with E-state index in [1.165, 1.54) is 26.4 Å². The Hall–Kier alpha value is -2.07. The summed E-state index contributed by atoms with van der Waals surface area (Å²) in [4.78, 5) is 12.4. The monoisotopic (exact) mass is 308 g/mol. The predicted molar refractivity (Wildman–Crippen MR) is 79.0 cm³/mol. The van der Waals surface area contributed by atoms with Crippen molar-refractivity contribution >= 4 is 17.4 Å². The topological polar surface area (TPSA) is 35.5 Å². The van der Waals surface area contributed by atoms with Gasteiger partial charge in [0.2, 0.25) is 0 Å². The Labute approximate surface area is 127 Å². The second-order valence-corrected chi connectivity index (χ2v) is 4.77. The summed E-state index contributed by atoms with van der Waals surface area (Å²) in [6.45, 7) is 0. The lowest BCUT2D eigenvalue weighted by atomic mass is 10.0. The quantitative estimate of drug-likeness (QED) is 0.785. The molecule has 0 aliphatic heterocycles. The van der Waals surface area contributed by atoms with Gasteiger partial charge in [0.25, 0.3) is 0 Å². The van der Waals surface area contributed by atoms with Crippen molar-refractivity contribution in [1.29, 1.82) is 0 Å². The fourth-order valence-electron chi connectivity index (χ4n) is 1.99. The number of hydrogen-bond donors (Lipinski definition) is 0. The van der Waals surface area contributed by atoms with E-state index in [4.69, 9.17) is 21.1 Å². The number of carbonyl (C=O) groups is 1. The highest BCUT2D eigenvalue weighted by Gasteiger charge is 2.17. The van der Waals surface area contributed by atoms with E-state index in [0.29, 0.717) is 17.1 Å². The zero-order valence-corrected chi connectivity index (χ0v) is 12.4. The molecule has 0 atom stereocenters. The number of benzene rings is 2. The highest BCUT2D eigenvalue weighted by Crippen LogP contribution is 2.27. The van der Waals surface area contributed by atoms with Crippen LogP contribution in [0.2, 0.25) is 5.02 Å². The van der Waals surface area contributed by atoms with Crippen LogP contribution in [0.4, 0.5) is 4.39 Å². The predicted octanol–water partition coefficient (Wildman–Crippen LogP) is 3.92. The van der Waals surface area contributed by atoms with Crippen molar-refractivity contribution < 1.29 is 18.7 Å². The maximum absolute atomic E-state index is 13.7. The molecule has 2 aromatic rings. The minimum atomic E-state index is -0.497. The van der Waals surface area contributed by atoms with Crippen LogP contribution < -0.4 is 9.47 Å². The van der Waals surface area contributed by atoms with Crippen LogP contribution in [0.25, 0.3) is 0 Å². The first-order chi connectivity index (χ1) is 10.1. The number of ketones is 1. The molecule has 2 aromatic carbocycles. The molecular formula is C16H14ClFO3. The Morgan fingerprint density at radius 2 is 1.95 bits per heavy atom. The van der Waals surface area contributed by atoms with Crippen LogP contribution in [-0.2, 0) is 6.42 Å². The zero-order valence-electron chi connectivity index (χ0n) is 11.7. The maximum atomic E-state index is 13.7. The smallest absolute Gasteiger partial charge is 0.171 e. The lowest BCUT2D eigenvalue weighted by Crippen LogP contribution is -2.08. The first-order valence-corrected chi connectivity index (χ1v) is 6.62. The van der Waals surface area contributed by atoms with Crippen LogP contribution in [-0.4, -0.2) is 20.0 Å². The van der Waals surface area contributed by atoms with Crippen molar-refractivity contribution in [2.45, 2.75) is 6.42 Å². The molecule has 0 saturated carbocycles. The largest absolute Gasteiger partial charge is 0.497 e. The summed E-state index contributed by atoms with van der Waals surface area (Å²) >= 11 is 5.94. The van der Waals surface area contributed by atoms with Gasteiger partial charge in [0.15, 0.2) is 5.78 Å². The second-order valence-electron chi connectivity index (χ2n) is 4.37.